The molecule has 0 aromatic heterocycles. The second-order valence-electron chi connectivity index (χ2n) is 9.50. The zero-order valence-electron chi connectivity index (χ0n) is 23.4. The summed E-state index contributed by atoms with van der Waals surface area (Å²) in [6.45, 7) is 4.39. The summed E-state index contributed by atoms with van der Waals surface area (Å²) in [4.78, 5) is 20.4. The molecule has 0 bridgehead atoms. The summed E-state index contributed by atoms with van der Waals surface area (Å²) < 4.78 is 0. The van der Waals surface area contributed by atoms with E-state index in [1.54, 1.807) is 0 Å². The number of carboxylic acid groups (broad SMARTS) is 1. The third-order valence-electron chi connectivity index (χ3n) is 5.96. The zero-order valence-corrected chi connectivity index (χ0v) is 23.4. The van der Waals surface area contributed by atoms with Gasteiger partial charge in [0, 0.05) is 12.8 Å². The molecule has 0 saturated carbocycles. The lowest BCUT2D eigenvalue weighted by Gasteiger charge is -1.99. The van der Waals surface area contributed by atoms with Crippen LogP contribution >= 0.6 is 0 Å². The number of hydrogen-bond donors (Lipinski definition) is 1. The van der Waals surface area contributed by atoms with E-state index in [9.17, 15) is 9.59 Å². The number of aliphatic carboxylic acids is 1. The van der Waals surface area contributed by atoms with Crippen molar-refractivity contribution >= 4 is 12.3 Å². The van der Waals surface area contributed by atoms with Crippen LogP contribution in [0, 0.1) is 0 Å². The summed E-state index contributed by atoms with van der Waals surface area (Å²) in [7, 11) is 0. The standard InChI is InChI=1S/C16H28O2.C16H30O/c1-2-3-4-5-6-7-8-9-10-11-12-13-14-15-16(17)18;1-2-3-4-5-6-7-8-9-10-11-12-13-14-15-16-17/h3-6H,2,7-15H2,1H3,(H,17,18);7-8,16H,2-6,9-15H2,1H3/b4-3+,6-5-;8-7-. The van der Waals surface area contributed by atoms with Crippen molar-refractivity contribution in [2.45, 2.75) is 155 Å². The van der Waals surface area contributed by atoms with Crippen molar-refractivity contribution < 1.29 is 14.7 Å². The SMILES string of the molecule is CC/C=C/C=C\CCCCCCCCCC(=O)O.CCCCCC/C=C\CCCCCCCC=O. The third kappa shape index (κ3) is 39.8. The fourth-order valence-electron chi connectivity index (χ4n) is 3.76. The van der Waals surface area contributed by atoms with E-state index in [1.807, 2.05) is 0 Å². The van der Waals surface area contributed by atoms with E-state index in [1.165, 1.54) is 103 Å². The fourth-order valence-corrected chi connectivity index (χ4v) is 3.76. The van der Waals surface area contributed by atoms with E-state index in [0.29, 0.717) is 6.42 Å². The number of hydrogen-bond acceptors (Lipinski definition) is 2. The lowest BCUT2D eigenvalue weighted by atomic mass is 10.1. The van der Waals surface area contributed by atoms with Crippen LogP contribution in [0.5, 0.6) is 0 Å². The normalized spacial score (nSPS) is 11.4. The van der Waals surface area contributed by atoms with Crippen molar-refractivity contribution in [3.05, 3.63) is 36.5 Å². The number of carboxylic acids is 1. The molecule has 0 fully saturated rings. The monoisotopic (exact) mass is 490 g/mol. The molecule has 0 aromatic rings. The Hall–Kier alpha value is -1.64. The molecule has 0 amide bonds. The highest BCUT2D eigenvalue weighted by Crippen LogP contribution is 2.10. The van der Waals surface area contributed by atoms with Gasteiger partial charge in [0.2, 0.25) is 0 Å². The molecular weight excluding hydrogens is 432 g/mol. The van der Waals surface area contributed by atoms with E-state index >= 15 is 0 Å². The molecule has 0 saturated heterocycles. The van der Waals surface area contributed by atoms with Gasteiger partial charge in [0.15, 0.2) is 0 Å². The molecule has 1 N–H and O–H groups in total. The van der Waals surface area contributed by atoms with Crippen molar-refractivity contribution in [3.8, 4) is 0 Å². The van der Waals surface area contributed by atoms with E-state index in [0.717, 1.165) is 38.4 Å². The van der Waals surface area contributed by atoms with Gasteiger partial charge >= 0.3 is 5.97 Å². The Balaban J connectivity index is 0. The maximum atomic E-state index is 10.3. The molecule has 0 heterocycles. The van der Waals surface area contributed by atoms with Gasteiger partial charge in [-0.2, -0.15) is 0 Å². The Morgan fingerprint density at radius 1 is 0.543 bits per heavy atom. The maximum absolute atomic E-state index is 10.3. The first-order valence-corrected chi connectivity index (χ1v) is 14.8. The van der Waals surface area contributed by atoms with Crippen molar-refractivity contribution in [2.24, 2.45) is 0 Å². The van der Waals surface area contributed by atoms with E-state index in [2.05, 4.69) is 50.3 Å². The molecule has 35 heavy (non-hydrogen) atoms. The summed E-state index contributed by atoms with van der Waals surface area (Å²) in [5, 5.41) is 8.48. The summed E-state index contributed by atoms with van der Waals surface area (Å²) in [5.41, 5.74) is 0. The van der Waals surface area contributed by atoms with Crippen LogP contribution < -0.4 is 0 Å². The molecule has 0 spiro atoms. The Bertz CT molecular complexity index is 505. The van der Waals surface area contributed by atoms with Gasteiger partial charge in [-0.1, -0.05) is 121 Å². The molecule has 0 aliphatic heterocycles. The average molecular weight is 491 g/mol. The number of carbonyl (C=O) groups excluding carboxylic acids is 1. The van der Waals surface area contributed by atoms with E-state index in [4.69, 9.17) is 5.11 Å². The topological polar surface area (TPSA) is 54.4 Å². The van der Waals surface area contributed by atoms with Crippen LogP contribution in [-0.4, -0.2) is 17.4 Å². The molecule has 0 aliphatic carbocycles. The minimum Gasteiger partial charge on any atom is -0.481 e. The van der Waals surface area contributed by atoms with Gasteiger partial charge < -0.3 is 9.90 Å². The molecule has 0 atom stereocenters. The van der Waals surface area contributed by atoms with Crippen LogP contribution in [0.25, 0.3) is 0 Å². The largest absolute Gasteiger partial charge is 0.481 e. The van der Waals surface area contributed by atoms with E-state index < -0.39 is 5.97 Å². The highest BCUT2D eigenvalue weighted by atomic mass is 16.4. The smallest absolute Gasteiger partial charge is 0.303 e. The Labute approximate surface area is 218 Å². The Kier molecular flexibility index (Phi) is 35.0. The van der Waals surface area contributed by atoms with Crippen molar-refractivity contribution in [2.75, 3.05) is 0 Å². The molecule has 0 aliphatic rings. The van der Waals surface area contributed by atoms with Crippen molar-refractivity contribution in [1.29, 1.82) is 0 Å². The third-order valence-corrected chi connectivity index (χ3v) is 5.96. The van der Waals surface area contributed by atoms with Crippen molar-refractivity contribution in [1.82, 2.24) is 0 Å². The minimum atomic E-state index is -0.668. The molecule has 0 rings (SSSR count). The first kappa shape index (κ1) is 35.5. The molecule has 3 heteroatoms. The van der Waals surface area contributed by atoms with Gasteiger partial charge in [-0.05, 0) is 57.8 Å². The van der Waals surface area contributed by atoms with Crippen molar-refractivity contribution in [3.63, 3.8) is 0 Å². The van der Waals surface area contributed by atoms with Gasteiger partial charge in [-0.3, -0.25) is 4.79 Å². The number of allylic oxidation sites excluding steroid dienone is 6. The second-order valence-corrected chi connectivity index (χ2v) is 9.50. The Morgan fingerprint density at radius 2 is 0.971 bits per heavy atom. The summed E-state index contributed by atoms with van der Waals surface area (Å²) >= 11 is 0. The second kappa shape index (κ2) is 34.5. The molecular formula is C32H58O3. The highest BCUT2D eigenvalue weighted by molar-refractivity contribution is 5.66. The number of unbranched alkanes of at least 4 members (excludes halogenated alkanes) is 17. The fraction of sp³-hybridized carbons (Fsp3) is 0.750. The molecule has 0 aromatic carbocycles. The number of carbonyl (C=O) groups is 2. The summed E-state index contributed by atoms with van der Waals surface area (Å²) in [5.74, 6) is -0.668. The van der Waals surface area contributed by atoms with Gasteiger partial charge in [-0.15, -0.1) is 0 Å². The number of rotatable bonds is 25. The van der Waals surface area contributed by atoms with Crippen LogP contribution in [0.4, 0.5) is 0 Å². The average Bonchev–Trinajstić information content (AvgIpc) is 2.85. The Morgan fingerprint density at radius 3 is 1.46 bits per heavy atom. The predicted molar refractivity (Wildman–Crippen MR) is 154 cm³/mol. The van der Waals surface area contributed by atoms with Gasteiger partial charge in [0.1, 0.15) is 6.29 Å². The molecule has 3 nitrogen and oxygen atoms in total. The quantitative estimate of drug-likeness (QED) is 0.0599. The predicted octanol–water partition coefficient (Wildman–Crippen LogP) is 10.5. The van der Waals surface area contributed by atoms with Gasteiger partial charge in [-0.25, -0.2) is 0 Å². The first-order valence-electron chi connectivity index (χ1n) is 14.8. The summed E-state index contributed by atoms with van der Waals surface area (Å²) in [6, 6.07) is 0. The van der Waals surface area contributed by atoms with Crippen LogP contribution in [0.1, 0.15) is 155 Å². The maximum Gasteiger partial charge on any atom is 0.303 e. The molecule has 0 radical (unpaired) electrons. The van der Waals surface area contributed by atoms with E-state index in [-0.39, 0.29) is 0 Å². The van der Waals surface area contributed by atoms with Crippen LogP contribution in [0.3, 0.4) is 0 Å². The lowest BCUT2D eigenvalue weighted by molar-refractivity contribution is -0.137. The lowest BCUT2D eigenvalue weighted by Crippen LogP contribution is -1.93. The van der Waals surface area contributed by atoms with Crippen LogP contribution in [0.2, 0.25) is 0 Å². The zero-order chi connectivity index (χ0) is 26.1. The minimum absolute atomic E-state index is 0.329. The first-order chi connectivity index (χ1) is 17.2. The molecule has 0 unspecified atom stereocenters. The van der Waals surface area contributed by atoms with Crippen LogP contribution in [-0.2, 0) is 9.59 Å². The van der Waals surface area contributed by atoms with Gasteiger partial charge in [0.25, 0.3) is 0 Å². The summed E-state index contributed by atoms with van der Waals surface area (Å²) in [6.07, 6.45) is 40.1. The molecule has 204 valence electrons. The van der Waals surface area contributed by atoms with Gasteiger partial charge in [0.05, 0.1) is 0 Å². The van der Waals surface area contributed by atoms with Crippen LogP contribution in [0.15, 0.2) is 36.5 Å². The highest BCUT2D eigenvalue weighted by Gasteiger charge is 1.96. The number of aldehydes is 1.